The van der Waals surface area contributed by atoms with Gasteiger partial charge in [0.2, 0.25) is 5.91 Å². The average Bonchev–Trinajstić information content (AvgIpc) is 3.26. The Hall–Kier alpha value is -3.65. The smallest absolute Gasteiger partial charge is 0.228 e. The van der Waals surface area contributed by atoms with E-state index in [2.05, 4.69) is 30.3 Å². The van der Waals surface area contributed by atoms with Crippen molar-refractivity contribution in [3.8, 4) is 11.1 Å². The number of aromatic nitrogens is 5. The molecule has 8 nitrogen and oxygen atoms in total. The molecule has 4 aromatic rings. The average molecular weight is 428 g/mol. The molecular formula is C24H25N7O. The fourth-order valence-corrected chi connectivity index (χ4v) is 4.13. The summed E-state index contributed by atoms with van der Waals surface area (Å²) in [7, 11) is 1.89. The lowest BCUT2D eigenvalue weighted by Crippen LogP contribution is -2.38. The Bertz CT molecular complexity index is 1230. The Morgan fingerprint density at radius 3 is 2.69 bits per heavy atom. The molecule has 1 aliphatic heterocycles. The second-order valence-electron chi connectivity index (χ2n) is 8.25. The van der Waals surface area contributed by atoms with E-state index in [0.29, 0.717) is 5.82 Å². The van der Waals surface area contributed by atoms with Crippen molar-refractivity contribution >= 4 is 22.6 Å². The second kappa shape index (κ2) is 8.84. The molecule has 1 amide bonds. The first-order chi connectivity index (χ1) is 15.6. The van der Waals surface area contributed by atoms with Gasteiger partial charge < -0.3 is 5.32 Å². The Morgan fingerprint density at radius 1 is 1.06 bits per heavy atom. The Morgan fingerprint density at radius 2 is 1.94 bits per heavy atom. The zero-order chi connectivity index (χ0) is 21.9. The van der Waals surface area contributed by atoms with Gasteiger partial charge in [-0.25, -0.2) is 4.98 Å². The highest BCUT2D eigenvalue weighted by atomic mass is 16.1. The van der Waals surface area contributed by atoms with Gasteiger partial charge in [-0.05, 0) is 50.2 Å². The third kappa shape index (κ3) is 4.50. The van der Waals surface area contributed by atoms with Gasteiger partial charge in [-0.1, -0.05) is 6.07 Å². The number of likely N-dealkylation sites (tertiary alicyclic amines) is 1. The van der Waals surface area contributed by atoms with Crippen molar-refractivity contribution in [1.29, 1.82) is 0 Å². The van der Waals surface area contributed by atoms with E-state index in [4.69, 9.17) is 0 Å². The number of anilines is 1. The summed E-state index contributed by atoms with van der Waals surface area (Å²) < 4.78 is 1.76. The van der Waals surface area contributed by atoms with Crippen molar-refractivity contribution in [3.05, 3.63) is 67.0 Å². The number of amides is 1. The van der Waals surface area contributed by atoms with Crippen LogP contribution in [-0.4, -0.2) is 48.6 Å². The van der Waals surface area contributed by atoms with Crippen LogP contribution in [0.2, 0.25) is 0 Å². The standard InChI is InChI=1S/C24H25N7O/c1-30-15-20(13-28-30)19-10-18-11-23(27-14-22(18)26-12-19)29-24(32)17-5-8-31(9-6-17)16-21-4-2-3-7-25-21/h2-4,7,10-15,17H,5-6,8-9,16H2,1H3,(H,27,29,32). The number of nitrogens with zero attached hydrogens (tertiary/aromatic N) is 6. The minimum Gasteiger partial charge on any atom is -0.310 e. The number of carbonyl (C=O) groups excluding carboxylic acids is 1. The lowest BCUT2D eigenvalue weighted by Gasteiger charge is -2.30. The second-order valence-corrected chi connectivity index (χ2v) is 8.25. The monoisotopic (exact) mass is 427 g/mol. The number of fused-ring (bicyclic) bond motifs is 1. The summed E-state index contributed by atoms with van der Waals surface area (Å²) in [6.07, 6.45) is 10.8. The summed E-state index contributed by atoms with van der Waals surface area (Å²) in [5.41, 5.74) is 3.84. The Labute approximate surface area is 186 Å². The minimum absolute atomic E-state index is 0.00710. The van der Waals surface area contributed by atoms with Crippen LogP contribution >= 0.6 is 0 Å². The molecule has 0 unspecified atom stereocenters. The van der Waals surface area contributed by atoms with Gasteiger partial charge in [-0.2, -0.15) is 5.10 Å². The zero-order valence-electron chi connectivity index (χ0n) is 18.0. The van der Waals surface area contributed by atoms with Gasteiger partial charge in [0.1, 0.15) is 5.82 Å². The molecule has 0 bridgehead atoms. The Kier molecular flexibility index (Phi) is 5.60. The molecule has 0 saturated carbocycles. The van der Waals surface area contributed by atoms with Crippen molar-refractivity contribution in [3.63, 3.8) is 0 Å². The number of aryl methyl sites for hydroxylation is 1. The maximum absolute atomic E-state index is 12.9. The highest BCUT2D eigenvalue weighted by Crippen LogP contribution is 2.24. The van der Waals surface area contributed by atoms with Gasteiger partial charge in [0.05, 0.1) is 23.6 Å². The molecule has 0 atom stereocenters. The highest BCUT2D eigenvalue weighted by molar-refractivity contribution is 5.94. The first-order valence-corrected chi connectivity index (χ1v) is 10.8. The normalized spacial score (nSPS) is 15.2. The predicted octanol–water partition coefficient (Wildman–Crippen LogP) is 3.28. The third-order valence-electron chi connectivity index (χ3n) is 5.93. The maximum Gasteiger partial charge on any atom is 0.228 e. The number of hydrogen-bond acceptors (Lipinski definition) is 6. The van der Waals surface area contributed by atoms with E-state index in [0.717, 1.165) is 60.2 Å². The molecule has 0 aromatic carbocycles. The first-order valence-electron chi connectivity index (χ1n) is 10.8. The molecule has 1 saturated heterocycles. The largest absolute Gasteiger partial charge is 0.310 e. The van der Waals surface area contributed by atoms with Crippen LogP contribution in [0.1, 0.15) is 18.5 Å². The summed E-state index contributed by atoms with van der Waals surface area (Å²) in [6.45, 7) is 2.60. The SMILES string of the molecule is Cn1cc(-c2cnc3cnc(NC(=O)C4CCN(Cc5ccccn5)CC4)cc3c2)cn1. The van der Waals surface area contributed by atoms with Crippen LogP contribution < -0.4 is 5.32 Å². The van der Waals surface area contributed by atoms with Crippen molar-refractivity contribution in [2.45, 2.75) is 19.4 Å². The van der Waals surface area contributed by atoms with Gasteiger partial charge in [-0.15, -0.1) is 0 Å². The molecule has 1 N–H and O–H groups in total. The molecule has 5 rings (SSSR count). The highest BCUT2D eigenvalue weighted by Gasteiger charge is 2.25. The van der Waals surface area contributed by atoms with Crippen LogP contribution in [0, 0.1) is 5.92 Å². The van der Waals surface area contributed by atoms with Crippen LogP contribution in [0.3, 0.4) is 0 Å². The number of hydrogen-bond donors (Lipinski definition) is 1. The maximum atomic E-state index is 12.9. The van der Waals surface area contributed by atoms with E-state index in [9.17, 15) is 4.79 Å². The zero-order valence-corrected chi connectivity index (χ0v) is 18.0. The predicted molar refractivity (Wildman–Crippen MR) is 123 cm³/mol. The molecule has 8 heteroatoms. The van der Waals surface area contributed by atoms with Crippen molar-refractivity contribution < 1.29 is 4.79 Å². The molecule has 4 aromatic heterocycles. The van der Waals surface area contributed by atoms with Crippen LogP contribution in [-0.2, 0) is 18.4 Å². The number of rotatable bonds is 5. The quantitative estimate of drug-likeness (QED) is 0.526. The minimum atomic E-state index is -0.00710. The number of pyridine rings is 3. The van der Waals surface area contributed by atoms with Gasteiger partial charge >= 0.3 is 0 Å². The van der Waals surface area contributed by atoms with Crippen LogP contribution in [0.25, 0.3) is 22.0 Å². The Balaban J connectivity index is 1.22. The van der Waals surface area contributed by atoms with Crippen molar-refractivity contribution in [2.24, 2.45) is 13.0 Å². The lowest BCUT2D eigenvalue weighted by molar-refractivity contribution is -0.121. The molecule has 162 valence electrons. The number of piperidine rings is 1. The summed E-state index contributed by atoms with van der Waals surface area (Å²) in [5.74, 6) is 0.585. The van der Waals surface area contributed by atoms with E-state index in [1.807, 2.05) is 62.2 Å². The van der Waals surface area contributed by atoms with E-state index in [1.54, 1.807) is 10.9 Å². The molecule has 0 aliphatic carbocycles. The topological polar surface area (TPSA) is 88.8 Å². The molecule has 5 heterocycles. The van der Waals surface area contributed by atoms with E-state index >= 15 is 0 Å². The van der Waals surface area contributed by atoms with Crippen LogP contribution in [0.15, 0.2) is 61.3 Å². The summed E-state index contributed by atoms with van der Waals surface area (Å²) in [4.78, 5) is 28.5. The number of nitrogens with one attached hydrogen (secondary N) is 1. The molecule has 0 spiro atoms. The first kappa shape index (κ1) is 20.3. The van der Waals surface area contributed by atoms with E-state index in [1.165, 1.54) is 0 Å². The third-order valence-corrected chi connectivity index (χ3v) is 5.93. The summed E-state index contributed by atoms with van der Waals surface area (Å²) in [5, 5.41) is 8.16. The molecule has 0 radical (unpaired) electrons. The summed E-state index contributed by atoms with van der Waals surface area (Å²) in [6, 6.07) is 9.91. The summed E-state index contributed by atoms with van der Waals surface area (Å²) >= 11 is 0. The molecular weight excluding hydrogens is 402 g/mol. The van der Waals surface area contributed by atoms with Gasteiger partial charge in [0.25, 0.3) is 0 Å². The van der Waals surface area contributed by atoms with E-state index < -0.39 is 0 Å². The number of carbonyl (C=O) groups is 1. The lowest BCUT2D eigenvalue weighted by atomic mass is 9.95. The fourth-order valence-electron chi connectivity index (χ4n) is 4.13. The molecule has 32 heavy (non-hydrogen) atoms. The molecule has 1 fully saturated rings. The van der Waals surface area contributed by atoms with Gasteiger partial charge in [0, 0.05) is 54.6 Å². The van der Waals surface area contributed by atoms with Crippen molar-refractivity contribution in [2.75, 3.05) is 18.4 Å². The molecule has 1 aliphatic rings. The van der Waals surface area contributed by atoms with Crippen LogP contribution in [0.4, 0.5) is 5.82 Å². The van der Waals surface area contributed by atoms with Gasteiger partial charge in [-0.3, -0.25) is 24.3 Å². The van der Waals surface area contributed by atoms with E-state index in [-0.39, 0.29) is 11.8 Å². The van der Waals surface area contributed by atoms with Crippen molar-refractivity contribution in [1.82, 2.24) is 29.6 Å². The van der Waals surface area contributed by atoms with Gasteiger partial charge in [0.15, 0.2) is 0 Å². The van der Waals surface area contributed by atoms with Crippen LogP contribution in [0.5, 0.6) is 0 Å². The fraction of sp³-hybridized carbons (Fsp3) is 0.292.